The first kappa shape index (κ1) is 16.6. The number of aromatic nitrogens is 3. The molecule has 0 fully saturated rings. The van der Waals surface area contributed by atoms with E-state index in [0.717, 1.165) is 15.3 Å². The van der Waals surface area contributed by atoms with Crippen LogP contribution in [0.15, 0.2) is 46.7 Å². The summed E-state index contributed by atoms with van der Waals surface area (Å²) in [6, 6.07) is 9.13. The number of carbonyl (C=O) groups is 1. The Morgan fingerprint density at radius 3 is 2.77 bits per heavy atom. The van der Waals surface area contributed by atoms with E-state index in [0.29, 0.717) is 15.9 Å². The zero-order valence-corrected chi connectivity index (χ0v) is 15.3. The highest BCUT2D eigenvalue weighted by Gasteiger charge is 2.22. The van der Waals surface area contributed by atoms with Gasteiger partial charge in [-0.25, -0.2) is 4.98 Å². The summed E-state index contributed by atoms with van der Waals surface area (Å²) in [6.45, 7) is 1.48. The van der Waals surface area contributed by atoms with Crippen LogP contribution < -0.4 is 5.56 Å². The van der Waals surface area contributed by atoms with Crippen LogP contribution in [0.5, 0.6) is 0 Å². The number of carboxylic acid groups (broad SMARTS) is 1. The van der Waals surface area contributed by atoms with Gasteiger partial charge in [0, 0.05) is 21.5 Å². The Kier molecular flexibility index (Phi) is 4.14. The van der Waals surface area contributed by atoms with Crippen molar-refractivity contribution in [2.45, 2.75) is 13.5 Å². The molecule has 0 saturated carbocycles. The molecule has 0 aromatic carbocycles. The molecule has 0 aliphatic carbocycles. The van der Waals surface area contributed by atoms with Crippen molar-refractivity contribution in [2.75, 3.05) is 0 Å². The number of fused-ring (bicyclic) bond motifs is 1. The van der Waals surface area contributed by atoms with Gasteiger partial charge < -0.3 is 5.11 Å². The van der Waals surface area contributed by atoms with Crippen LogP contribution in [0.1, 0.15) is 4.88 Å². The van der Waals surface area contributed by atoms with Crippen LogP contribution in [0.2, 0.25) is 0 Å². The number of nitrogens with zero attached hydrogens (tertiary/aromatic N) is 3. The van der Waals surface area contributed by atoms with Crippen LogP contribution in [0.4, 0.5) is 0 Å². The van der Waals surface area contributed by atoms with Gasteiger partial charge in [0.05, 0.1) is 5.39 Å². The van der Waals surface area contributed by atoms with Crippen LogP contribution in [0.25, 0.3) is 32.2 Å². The molecule has 4 aromatic rings. The number of thiophene rings is 2. The van der Waals surface area contributed by atoms with E-state index in [-0.39, 0.29) is 11.4 Å². The van der Waals surface area contributed by atoms with Gasteiger partial charge >= 0.3 is 5.97 Å². The van der Waals surface area contributed by atoms with Crippen LogP contribution >= 0.6 is 22.7 Å². The fourth-order valence-electron chi connectivity index (χ4n) is 2.88. The Morgan fingerprint density at radius 2 is 2.12 bits per heavy atom. The predicted molar refractivity (Wildman–Crippen MR) is 103 cm³/mol. The van der Waals surface area contributed by atoms with Crippen molar-refractivity contribution in [1.82, 2.24) is 14.5 Å². The molecular weight excluding hydrogens is 370 g/mol. The molecule has 1 N–H and O–H groups in total. The van der Waals surface area contributed by atoms with Crippen molar-refractivity contribution in [2.24, 2.45) is 0 Å². The van der Waals surface area contributed by atoms with Crippen molar-refractivity contribution in [3.63, 3.8) is 0 Å². The van der Waals surface area contributed by atoms with Crippen molar-refractivity contribution in [3.05, 3.63) is 57.1 Å². The van der Waals surface area contributed by atoms with Crippen molar-refractivity contribution in [3.8, 4) is 22.0 Å². The molecule has 4 aromatic heterocycles. The molecule has 0 spiro atoms. The normalized spacial score (nSPS) is 11.1. The first-order chi connectivity index (χ1) is 12.6. The number of aliphatic carboxylic acids is 1. The molecule has 4 heterocycles. The predicted octanol–water partition coefficient (Wildman–Crippen LogP) is 3.64. The summed E-state index contributed by atoms with van der Waals surface area (Å²) in [5, 5.41) is 11.7. The zero-order valence-electron chi connectivity index (χ0n) is 13.7. The number of carboxylic acids is 1. The maximum Gasteiger partial charge on any atom is 0.323 e. The summed E-state index contributed by atoms with van der Waals surface area (Å²) in [6.07, 6.45) is 1.59. The minimum absolute atomic E-state index is 0.268. The molecule has 130 valence electrons. The lowest BCUT2D eigenvalue weighted by Gasteiger charge is -2.10. The molecule has 0 saturated heterocycles. The van der Waals surface area contributed by atoms with Crippen LogP contribution in [-0.2, 0) is 11.3 Å². The Balaban J connectivity index is 2.09. The van der Waals surface area contributed by atoms with Gasteiger partial charge in [-0.2, -0.15) is 0 Å². The van der Waals surface area contributed by atoms with Gasteiger partial charge in [0.2, 0.25) is 0 Å². The molecule has 0 aliphatic rings. The van der Waals surface area contributed by atoms with Gasteiger partial charge in [-0.15, -0.1) is 22.7 Å². The first-order valence-electron chi connectivity index (χ1n) is 7.77. The second-order valence-electron chi connectivity index (χ2n) is 5.63. The lowest BCUT2D eigenvalue weighted by atomic mass is 10.1. The van der Waals surface area contributed by atoms with E-state index >= 15 is 0 Å². The maximum absolute atomic E-state index is 13.2. The van der Waals surface area contributed by atoms with Crippen LogP contribution in [0.3, 0.4) is 0 Å². The van der Waals surface area contributed by atoms with Crippen molar-refractivity contribution < 1.29 is 9.90 Å². The largest absolute Gasteiger partial charge is 0.480 e. The number of hydrogen-bond acceptors (Lipinski definition) is 6. The van der Waals surface area contributed by atoms with Gasteiger partial charge in [0.1, 0.15) is 17.1 Å². The third kappa shape index (κ3) is 2.73. The summed E-state index contributed by atoms with van der Waals surface area (Å²) in [5.41, 5.74) is 0.950. The van der Waals surface area contributed by atoms with Gasteiger partial charge in [-0.1, -0.05) is 12.1 Å². The molecule has 0 amide bonds. The lowest BCUT2D eigenvalue weighted by Crippen LogP contribution is -2.27. The summed E-state index contributed by atoms with van der Waals surface area (Å²) in [7, 11) is 0. The van der Waals surface area contributed by atoms with Gasteiger partial charge in [-0.05, 0) is 30.5 Å². The Labute approximate surface area is 156 Å². The Hall–Kier alpha value is -2.84. The molecule has 8 heteroatoms. The fourth-order valence-corrected chi connectivity index (χ4v) is 4.81. The topological polar surface area (TPSA) is 85.1 Å². The maximum atomic E-state index is 13.2. The second kappa shape index (κ2) is 6.47. The molecule has 0 unspecified atom stereocenters. The van der Waals surface area contributed by atoms with Gasteiger partial charge in [0.15, 0.2) is 5.82 Å². The smallest absolute Gasteiger partial charge is 0.323 e. The van der Waals surface area contributed by atoms with Crippen molar-refractivity contribution in [1.29, 1.82) is 0 Å². The van der Waals surface area contributed by atoms with E-state index in [1.54, 1.807) is 35.7 Å². The van der Waals surface area contributed by atoms with Crippen LogP contribution in [-0.4, -0.2) is 25.6 Å². The number of pyridine rings is 1. The second-order valence-corrected chi connectivity index (χ2v) is 7.78. The molecular formula is C18H13N3O3S2. The summed E-state index contributed by atoms with van der Waals surface area (Å²) < 4.78 is 1.19. The number of hydrogen-bond donors (Lipinski definition) is 1. The summed E-state index contributed by atoms with van der Waals surface area (Å²) in [4.78, 5) is 36.0. The molecule has 0 radical (unpaired) electrons. The summed E-state index contributed by atoms with van der Waals surface area (Å²) >= 11 is 2.98. The Morgan fingerprint density at radius 1 is 1.27 bits per heavy atom. The quantitative estimate of drug-likeness (QED) is 0.581. The third-order valence-corrected chi connectivity index (χ3v) is 5.83. The number of rotatable bonds is 4. The SMILES string of the molecule is Cc1sc2nc(-c3ccccn3)n(CC(=O)O)c(=O)c2c1-c1cccs1. The summed E-state index contributed by atoms with van der Waals surface area (Å²) in [5.74, 6) is -0.834. The van der Waals surface area contributed by atoms with E-state index in [1.807, 2.05) is 24.4 Å². The highest BCUT2D eigenvalue weighted by molar-refractivity contribution is 7.20. The van der Waals surface area contributed by atoms with E-state index in [2.05, 4.69) is 9.97 Å². The van der Waals surface area contributed by atoms with Gasteiger partial charge in [0.25, 0.3) is 5.56 Å². The monoisotopic (exact) mass is 383 g/mol. The van der Waals surface area contributed by atoms with Crippen molar-refractivity contribution >= 4 is 38.9 Å². The van der Waals surface area contributed by atoms with E-state index in [9.17, 15) is 14.7 Å². The minimum atomic E-state index is -1.10. The average molecular weight is 383 g/mol. The minimum Gasteiger partial charge on any atom is -0.480 e. The molecule has 26 heavy (non-hydrogen) atoms. The van der Waals surface area contributed by atoms with Gasteiger partial charge in [-0.3, -0.25) is 19.1 Å². The highest BCUT2D eigenvalue weighted by atomic mass is 32.1. The third-order valence-electron chi connectivity index (χ3n) is 3.94. The lowest BCUT2D eigenvalue weighted by molar-refractivity contribution is -0.137. The average Bonchev–Trinajstić information content (AvgIpc) is 3.24. The molecule has 4 rings (SSSR count). The standard InChI is InChI=1S/C18H13N3O3S2/c1-10-14(12-6-4-8-25-12)15-17(26-10)20-16(11-5-2-3-7-19-11)21(18(15)24)9-13(22)23/h2-8H,9H2,1H3,(H,22,23). The molecule has 0 atom stereocenters. The zero-order chi connectivity index (χ0) is 18.3. The first-order valence-corrected chi connectivity index (χ1v) is 9.47. The highest BCUT2D eigenvalue weighted by Crippen LogP contribution is 2.38. The molecule has 0 bridgehead atoms. The van der Waals surface area contributed by atoms with Crippen LogP contribution in [0, 0.1) is 6.92 Å². The number of aryl methyl sites for hydroxylation is 1. The van der Waals surface area contributed by atoms with E-state index in [1.165, 1.54) is 15.9 Å². The van der Waals surface area contributed by atoms with E-state index in [4.69, 9.17) is 0 Å². The molecule has 6 nitrogen and oxygen atoms in total. The Bertz CT molecular complexity index is 1160. The fraction of sp³-hybridized carbons (Fsp3) is 0.111. The van der Waals surface area contributed by atoms with E-state index < -0.39 is 12.5 Å². The molecule has 0 aliphatic heterocycles.